The van der Waals surface area contributed by atoms with Crippen LogP contribution < -0.4 is 0 Å². The molecule has 2 heterocycles. The number of nitriles is 1. The second-order valence-corrected chi connectivity index (χ2v) is 3.36. The van der Waals surface area contributed by atoms with Crippen LogP contribution >= 0.6 is 0 Å². The van der Waals surface area contributed by atoms with Crippen molar-refractivity contribution in [3.05, 3.63) is 46.2 Å². The van der Waals surface area contributed by atoms with Gasteiger partial charge in [-0.05, 0) is 6.92 Å². The van der Waals surface area contributed by atoms with E-state index in [2.05, 4.69) is 9.97 Å². The predicted molar refractivity (Wildman–Crippen MR) is 57.5 cm³/mol. The van der Waals surface area contributed by atoms with E-state index in [9.17, 15) is 10.1 Å². The van der Waals surface area contributed by atoms with E-state index in [-0.39, 0.29) is 11.3 Å². The van der Waals surface area contributed by atoms with E-state index in [1.807, 2.05) is 6.07 Å². The first-order valence-corrected chi connectivity index (χ1v) is 4.67. The smallest absolute Gasteiger partial charge is 0.289 e. The van der Waals surface area contributed by atoms with Crippen LogP contribution in [-0.2, 0) is 0 Å². The second kappa shape index (κ2) is 4.02. The lowest BCUT2D eigenvalue weighted by Gasteiger charge is -2.02. The maximum Gasteiger partial charge on any atom is 0.289 e. The molecule has 0 aliphatic carbocycles. The van der Waals surface area contributed by atoms with Gasteiger partial charge in [-0.15, -0.1) is 0 Å². The normalized spacial score (nSPS) is 9.88. The molecule has 17 heavy (non-hydrogen) atoms. The van der Waals surface area contributed by atoms with Gasteiger partial charge in [-0.2, -0.15) is 5.26 Å². The third-order valence-corrected chi connectivity index (χ3v) is 2.14. The van der Waals surface area contributed by atoms with Gasteiger partial charge < -0.3 is 0 Å². The maximum atomic E-state index is 10.6. The van der Waals surface area contributed by atoms with E-state index in [0.29, 0.717) is 5.82 Å². The molecule has 7 heteroatoms. The number of nitrogens with zero attached hydrogens (tertiary/aromatic N) is 5. The Kier molecular flexibility index (Phi) is 2.54. The average molecular weight is 229 g/mol. The topological polar surface area (TPSA) is 97.6 Å². The molecule has 0 N–H and O–H groups in total. The number of rotatable bonds is 2. The van der Waals surface area contributed by atoms with Crippen LogP contribution in [0.2, 0.25) is 0 Å². The summed E-state index contributed by atoms with van der Waals surface area (Å²) in [4.78, 5) is 17.9. The molecule has 0 atom stereocenters. The van der Waals surface area contributed by atoms with E-state index in [1.54, 1.807) is 17.7 Å². The van der Waals surface area contributed by atoms with Gasteiger partial charge in [0.15, 0.2) is 5.82 Å². The lowest BCUT2D eigenvalue weighted by molar-refractivity contribution is -0.385. The largest absolute Gasteiger partial charge is 0.289 e. The quantitative estimate of drug-likeness (QED) is 0.571. The van der Waals surface area contributed by atoms with Gasteiger partial charge in [0.25, 0.3) is 5.69 Å². The summed E-state index contributed by atoms with van der Waals surface area (Å²) in [6.45, 7) is 1.80. The van der Waals surface area contributed by atoms with Gasteiger partial charge >= 0.3 is 0 Å². The first-order valence-electron chi connectivity index (χ1n) is 4.67. The van der Waals surface area contributed by atoms with Crippen molar-refractivity contribution in [2.24, 2.45) is 0 Å². The summed E-state index contributed by atoms with van der Waals surface area (Å²) in [6, 6.07) is 3.08. The van der Waals surface area contributed by atoms with Crippen molar-refractivity contribution in [2.75, 3.05) is 0 Å². The molecule has 0 saturated heterocycles. The van der Waals surface area contributed by atoms with E-state index in [1.165, 1.54) is 12.4 Å². The number of nitro groups is 1. The summed E-state index contributed by atoms with van der Waals surface area (Å²) >= 11 is 0. The lowest BCUT2D eigenvalue weighted by atomic mass is 10.2. The van der Waals surface area contributed by atoms with E-state index < -0.39 is 4.92 Å². The fourth-order valence-electron chi connectivity index (χ4n) is 1.37. The van der Waals surface area contributed by atoms with Crippen LogP contribution in [0.25, 0.3) is 5.82 Å². The zero-order valence-corrected chi connectivity index (χ0v) is 8.86. The Morgan fingerprint density at radius 1 is 1.53 bits per heavy atom. The number of imidazole rings is 1. The highest BCUT2D eigenvalue weighted by molar-refractivity contribution is 5.49. The summed E-state index contributed by atoms with van der Waals surface area (Å²) in [7, 11) is 0. The van der Waals surface area contributed by atoms with Crippen LogP contribution in [0.1, 0.15) is 11.3 Å². The van der Waals surface area contributed by atoms with Crippen LogP contribution in [0.5, 0.6) is 0 Å². The first kappa shape index (κ1) is 10.8. The van der Waals surface area contributed by atoms with Crippen molar-refractivity contribution in [1.29, 1.82) is 5.26 Å². The fourth-order valence-corrected chi connectivity index (χ4v) is 1.37. The Morgan fingerprint density at radius 2 is 2.29 bits per heavy atom. The van der Waals surface area contributed by atoms with Gasteiger partial charge in [0.05, 0.1) is 10.6 Å². The zero-order chi connectivity index (χ0) is 12.4. The Bertz CT molecular complexity index is 626. The molecule has 0 amide bonds. The zero-order valence-electron chi connectivity index (χ0n) is 8.86. The number of hydrogen-bond acceptors (Lipinski definition) is 5. The molecular formula is C10H7N5O2. The average Bonchev–Trinajstić information content (AvgIpc) is 2.74. The molecule has 84 valence electrons. The van der Waals surface area contributed by atoms with Gasteiger partial charge in [0.1, 0.15) is 24.2 Å². The molecule has 2 rings (SSSR count). The number of aromatic nitrogens is 3. The number of pyridine rings is 1. The van der Waals surface area contributed by atoms with Crippen molar-refractivity contribution in [3.63, 3.8) is 0 Å². The molecule has 2 aromatic rings. The molecule has 0 fully saturated rings. The van der Waals surface area contributed by atoms with Crippen molar-refractivity contribution in [2.45, 2.75) is 6.92 Å². The second-order valence-electron chi connectivity index (χ2n) is 3.36. The summed E-state index contributed by atoms with van der Waals surface area (Å²) < 4.78 is 1.55. The molecule has 0 radical (unpaired) electrons. The van der Waals surface area contributed by atoms with E-state index in [4.69, 9.17) is 5.26 Å². The fraction of sp³-hybridized carbons (Fsp3) is 0.100. The molecule has 0 aliphatic rings. The molecule has 0 spiro atoms. The highest BCUT2D eigenvalue weighted by atomic mass is 16.6. The minimum Gasteiger partial charge on any atom is -0.289 e. The minimum absolute atomic E-state index is 0.136. The van der Waals surface area contributed by atoms with Crippen molar-refractivity contribution >= 4 is 5.69 Å². The van der Waals surface area contributed by atoms with E-state index >= 15 is 0 Å². The third kappa shape index (κ3) is 1.96. The van der Waals surface area contributed by atoms with Gasteiger partial charge in [-0.3, -0.25) is 14.7 Å². The van der Waals surface area contributed by atoms with E-state index in [0.717, 1.165) is 11.9 Å². The number of aryl methyl sites for hydroxylation is 1. The van der Waals surface area contributed by atoms with Crippen molar-refractivity contribution in [3.8, 4) is 11.9 Å². The molecular weight excluding hydrogens is 222 g/mol. The SMILES string of the molecule is Cc1cn(-c2ncc([N+](=O)[O-])cc2C#N)cn1. The Hall–Kier alpha value is -2.75. The van der Waals surface area contributed by atoms with Crippen LogP contribution in [-0.4, -0.2) is 19.5 Å². The number of hydrogen-bond donors (Lipinski definition) is 0. The molecule has 0 unspecified atom stereocenters. The maximum absolute atomic E-state index is 10.6. The highest BCUT2D eigenvalue weighted by Crippen LogP contribution is 2.17. The Balaban J connectivity index is 2.56. The molecule has 0 bridgehead atoms. The first-order chi connectivity index (χ1) is 8.11. The minimum atomic E-state index is -0.587. The van der Waals surface area contributed by atoms with Crippen LogP contribution in [0.15, 0.2) is 24.8 Å². The van der Waals surface area contributed by atoms with Crippen LogP contribution in [0, 0.1) is 28.4 Å². The Labute approximate surface area is 96.1 Å². The van der Waals surface area contributed by atoms with Gasteiger partial charge in [0, 0.05) is 12.3 Å². The highest BCUT2D eigenvalue weighted by Gasteiger charge is 2.13. The molecule has 0 aromatic carbocycles. The predicted octanol–water partition coefficient (Wildman–Crippen LogP) is 1.36. The summed E-state index contributed by atoms with van der Waals surface area (Å²) in [5.41, 5.74) is 0.702. The third-order valence-electron chi connectivity index (χ3n) is 2.14. The molecule has 0 aliphatic heterocycles. The Morgan fingerprint density at radius 3 is 2.82 bits per heavy atom. The van der Waals surface area contributed by atoms with Crippen molar-refractivity contribution in [1.82, 2.24) is 14.5 Å². The summed E-state index contributed by atoms with van der Waals surface area (Å²) in [6.07, 6.45) is 4.31. The standard InChI is InChI=1S/C10H7N5O2/c1-7-5-14(6-13-7)10-8(3-11)2-9(4-12-10)15(16)17/h2,4-6H,1H3. The molecule has 7 nitrogen and oxygen atoms in total. The van der Waals surface area contributed by atoms with Gasteiger partial charge in [-0.1, -0.05) is 0 Å². The monoisotopic (exact) mass is 229 g/mol. The summed E-state index contributed by atoms with van der Waals surface area (Å²) in [5.74, 6) is 0.332. The molecule has 0 saturated carbocycles. The van der Waals surface area contributed by atoms with Crippen LogP contribution in [0.4, 0.5) is 5.69 Å². The summed E-state index contributed by atoms with van der Waals surface area (Å²) in [5, 5.41) is 19.5. The molecule has 2 aromatic heterocycles. The van der Waals surface area contributed by atoms with Gasteiger partial charge in [0.2, 0.25) is 0 Å². The van der Waals surface area contributed by atoms with Crippen molar-refractivity contribution < 1.29 is 4.92 Å². The lowest BCUT2D eigenvalue weighted by Crippen LogP contribution is -2.00. The van der Waals surface area contributed by atoms with Crippen LogP contribution in [0.3, 0.4) is 0 Å². The van der Waals surface area contributed by atoms with Gasteiger partial charge in [-0.25, -0.2) is 9.97 Å².